The highest BCUT2D eigenvalue weighted by Crippen LogP contribution is 2.30. The summed E-state index contributed by atoms with van der Waals surface area (Å²) in [4.78, 5) is 27.6. The van der Waals surface area contributed by atoms with Crippen LogP contribution >= 0.6 is 11.8 Å². The summed E-state index contributed by atoms with van der Waals surface area (Å²) in [5.41, 5.74) is 3.21. The van der Waals surface area contributed by atoms with E-state index in [1.807, 2.05) is 42.8 Å². The quantitative estimate of drug-likeness (QED) is 0.323. The van der Waals surface area contributed by atoms with E-state index >= 15 is 0 Å². The van der Waals surface area contributed by atoms with Crippen LogP contribution in [-0.2, 0) is 4.79 Å². The van der Waals surface area contributed by atoms with Gasteiger partial charge in [0.1, 0.15) is 11.4 Å². The van der Waals surface area contributed by atoms with Gasteiger partial charge in [0.25, 0.3) is 5.69 Å². The van der Waals surface area contributed by atoms with Crippen LogP contribution in [0.25, 0.3) is 5.69 Å². The molecule has 8 nitrogen and oxygen atoms in total. The summed E-state index contributed by atoms with van der Waals surface area (Å²) in [5, 5.41) is 14.6. The van der Waals surface area contributed by atoms with Gasteiger partial charge in [-0.25, -0.2) is 4.98 Å². The molecule has 30 heavy (non-hydrogen) atoms. The van der Waals surface area contributed by atoms with Crippen molar-refractivity contribution in [3.05, 3.63) is 70.0 Å². The molecule has 0 fully saturated rings. The second kappa shape index (κ2) is 9.45. The average Bonchev–Trinajstić information content (AvgIpc) is 3.18. The summed E-state index contributed by atoms with van der Waals surface area (Å²) in [5.74, 6) is 0.0848. The Labute approximate surface area is 178 Å². The van der Waals surface area contributed by atoms with E-state index in [0.717, 1.165) is 16.8 Å². The predicted octanol–water partition coefficient (Wildman–Crippen LogP) is 4.53. The SMILES string of the molecule is CCOc1ccc(NC(=O)CSc2nccn2-c2cccc(C)c2C)c([N+](=O)[O-])c1. The third-order valence-electron chi connectivity index (χ3n) is 4.53. The Hall–Kier alpha value is -3.33. The summed E-state index contributed by atoms with van der Waals surface area (Å²) in [6, 6.07) is 10.4. The first kappa shape index (κ1) is 21.4. The van der Waals surface area contributed by atoms with Gasteiger partial charge < -0.3 is 10.1 Å². The number of imidazole rings is 1. The third kappa shape index (κ3) is 4.80. The molecule has 1 aromatic heterocycles. The molecular formula is C21H22N4O4S. The van der Waals surface area contributed by atoms with Crippen LogP contribution in [0.5, 0.6) is 5.75 Å². The van der Waals surface area contributed by atoms with Crippen LogP contribution in [0, 0.1) is 24.0 Å². The van der Waals surface area contributed by atoms with Gasteiger partial charge in [0.05, 0.1) is 29.0 Å². The van der Waals surface area contributed by atoms with Gasteiger partial charge in [0.2, 0.25) is 5.91 Å². The van der Waals surface area contributed by atoms with Crippen LogP contribution in [0.2, 0.25) is 0 Å². The van der Waals surface area contributed by atoms with Crippen molar-refractivity contribution >= 4 is 29.0 Å². The summed E-state index contributed by atoms with van der Waals surface area (Å²) < 4.78 is 7.22. The first-order chi connectivity index (χ1) is 14.4. The smallest absolute Gasteiger partial charge is 0.296 e. The van der Waals surface area contributed by atoms with Crippen LogP contribution in [-0.4, -0.2) is 32.7 Å². The zero-order valence-corrected chi connectivity index (χ0v) is 17.7. The Morgan fingerprint density at radius 1 is 1.30 bits per heavy atom. The van der Waals surface area contributed by atoms with E-state index in [1.54, 1.807) is 19.2 Å². The molecule has 9 heteroatoms. The number of hydrogen-bond acceptors (Lipinski definition) is 6. The highest BCUT2D eigenvalue weighted by Gasteiger charge is 2.18. The number of benzene rings is 2. The number of carbonyl (C=O) groups is 1. The second-order valence-electron chi connectivity index (χ2n) is 6.50. The molecule has 0 aliphatic carbocycles. The molecule has 156 valence electrons. The number of anilines is 1. The number of aromatic nitrogens is 2. The highest BCUT2D eigenvalue weighted by atomic mass is 32.2. The number of ether oxygens (including phenoxy) is 1. The lowest BCUT2D eigenvalue weighted by atomic mass is 10.1. The van der Waals surface area contributed by atoms with Crippen molar-refractivity contribution in [1.82, 2.24) is 9.55 Å². The zero-order valence-electron chi connectivity index (χ0n) is 16.9. The van der Waals surface area contributed by atoms with Crippen LogP contribution in [0.3, 0.4) is 0 Å². The van der Waals surface area contributed by atoms with E-state index in [9.17, 15) is 14.9 Å². The predicted molar refractivity (Wildman–Crippen MR) is 117 cm³/mol. The zero-order chi connectivity index (χ0) is 21.7. The first-order valence-electron chi connectivity index (χ1n) is 9.34. The van der Waals surface area contributed by atoms with Crippen molar-refractivity contribution < 1.29 is 14.5 Å². The molecule has 0 unspecified atom stereocenters. The number of nitrogens with zero attached hydrogens (tertiary/aromatic N) is 3. The molecule has 1 N–H and O–H groups in total. The van der Waals surface area contributed by atoms with Gasteiger partial charge in [-0.1, -0.05) is 23.9 Å². The summed E-state index contributed by atoms with van der Waals surface area (Å²) in [6.45, 7) is 6.27. The van der Waals surface area contributed by atoms with E-state index in [1.165, 1.54) is 23.9 Å². The van der Waals surface area contributed by atoms with Crippen molar-refractivity contribution in [2.24, 2.45) is 0 Å². The van der Waals surface area contributed by atoms with E-state index in [0.29, 0.717) is 17.5 Å². The van der Waals surface area contributed by atoms with Gasteiger partial charge >= 0.3 is 0 Å². The molecule has 1 amide bonds. The molecule has 3 aromatic rings. The van der Waals surface area contributed by atoms with Gasteiger partial charge in [0.15, 0.2) is 5.16 Å². The molecule has 0 atom stereocenters. The van der Waals surface area contributed by atoms with Gasteiger partial charge in [-0.15, -0.1) is 0 Å². The minimum atomic E-state index is -0.543. The molecule has 0 radical (unpaired) electrons. The lowest BCUT2D eigenvalue weighted by Crippen LogP contribution is -2.15. The maximum absolute atomic E-state index is 12.4. The van der Waals surface area contributed by atoms with Crippen molar-refractivity contribution in [3.63, 3.8) is 0 Å². The summed E-state index contributed by atoms with van der Waals surface area (Å²) in [7, 11) is 0. The second-order valence-corrected chi connectivity index (χ2v) is 7.45. The third-order valence-corrected chi connectivity index (χ3v) is 5.49. The maximum Gasteiger partial charge on any atom is 0.296 e. The number of hydrogen-bond donors (Lipinski definition) is 1. The van der Waals surface area contributed by atoms with Gasteiger partial charge in [0, 0.05) is 12.4 Å². The fourth-order valence-electron chi connectivity index (χ4n) is 2.92. The largest absolute Gasteiger partial charge is 0.494 e. The monoisotopic (exact) mass is 426 g/mol. The minimum Gasteiger partial charge on any atom is -0.494 e. The number of rotatable bonds is 8. The fourth-order valence-corrected chi connectivity index (χ4v) is 3.68. The Bertz CT molecular complexity index is 1080. The normalized spacial score (nSPS) is 10.6. The van der Waals surface area contributed by atoms with E-state index in [-0.39, 0.29) is 23.0 Å². The number of nitrogens with one attached hydrogen (secondary N) is 1. The van der Waals surface area contributed by atoms with Crippen molar-refractivity contribution in [1.29, 1.82) is 0 Å². The van der Waals surface area contributed by atoms with Crippen molar-refractivity contribution in [2.75, 3.05) is 17.7 Å². The van der Waals surface area contributed by atoms with Gasteiger partial charge in [-0.05, 0) is 50.1 Å². The molecule has 2 aromatic carbocycles. The topological polar surface area (TPSA) is 99.3 Å². The Morgan fingerprint density at radius 2 is 2.10 bits per heavy atom. The van der Waals surface area contributed by atoms with Crippen LogP contribution in [0.15, 0.2) is 53.9 Å². The molecule has 0 saturated heterocycles. The van der Waals surface area contributed by atoms with Crippen LogP contribution in [0.4, 0.5) is 11.4 Å². The Balaban J connectivity index is 1.72. The number of aryl methyl sites for hydroxylation is 1. The van der Waals surface area contributed by atoms with Gasteiger partial charge in [-0.3, -0.25) is 19.5 Å². The molecule has 0 aliphatic rings. The summed E-state index contributed by atoms with van der Waals surface area (Å²) >= 11 is 1.26. The van der Waals surface area contributed by atoms with Crippen LogP contribution < -0.4 is 10.1 Å². The number of carbonyl (C=O) groups excluding carboxylic acids is 1. The van der Waals surface area contributed by atoms with E-state index in [2.05, 4.69) is 10.3 Å². The first-order valence-corrected chi connectivity index (χ1v) is 10.3. The molecule has 3 rings (SSSR count). The Kier molecular flexibility index (Phi) is 6.73. The average molecular weight is 426 g/mol. The van der Waals surface area contributed by atoms with Crippen LogP contribution in [0.1, 0.15) is 18.1 Å². The number of amides is 1. The molecule has 1 heterocycles. The molecule has 0 aliphatic heterocycles. The molecule has 0 saturated carbocycles. The number of nitro benzene ring substituents is 1. The Morgan fingerprint density at radius 3 is 2.83 bits per heavy atom. The molecular weight excluding hydrogens is 404 g/mol. The van der Waals surface area contributed by atoms with Crippen molar-refractivity contribution in [2.45, 2.75) is 25.9 Å². The van der Waals surface area contributed by atoms with Gasteiger partial charge in [-0.2, -0.15) is 0 Å². The number of thioether (sulfide) groups is 1. The van der Waals surface area contributed by atoms with E-state index in [4.69, 9.17) is 4.74 Å². The standard InChI is InChI=1S/C21H22N4O4S/c1-4-29-16-8-9-17(19(12-16)25(27)28)23-20(26)13-30-21-22-10-11-24(21)18-7-5-6-14(2)15(18)3/h5-12H,4,13H2,1-3H3,(H,23,26). The fraction of sp³-hybridized carbons (Fsp3) is 0.238. The number of nitro groups is 1. The van der Waals surface area contributed by atoms with Crippen molar-refractivity contribution in [3.8, 4) is 11.4 Å². The highest BCUT2D eigenvalue weighted by molar-refractivity contribution is 7.99. The molecule has 0 spiro atoms. The lowest BCUT2D eigenvalue weighted by molar-refractivity contribution is -0.384. The van der Waals surface area contributed by atoms with E-state index < -0.39 is 4.92 Å². The lowest BCUT2D eigenvalue weighted by Gasteiger charge is -2.12. The summed E-state index contributed by atoms with van der Waals surface area (Å²) in [6.07, 6.45) is 3.53. The molecule has 0 bridgehead atoms. The minimum absolute atomic E-state index is 0.0617. The maximum atomic E-state index is 12.4.